The Balaban J connectivity index is 2.02. The molecular weight excluding hydrogens is 427 g/mol. The quantitative estimate of drug-likeness (QED) is 0.312. The summed E-state index contributed by atoms with van der Waals surface area (Å²) in [6.45, 7) is 0. The highest BCUT2D eigenvalue weighted by Crippen LogP contribution is 2.39. The molecule has 1 nitrogen and oxygen atoms in total. The van der Waals surface area contributed by atoms with Crippen LogP contribution in [0.2, 0.25) is 0 Å². The van der Waals surface area contributed by atoms with Gasteiger partial charge < -0.3 is 4.57 Å². The van der Waals surface area contributed by atoms with Crippen molar-refractivity contribution in [1.82, 2.24) is 4.57 Å². The lowest BCUT2D eigenvalue weighted by Gasteiger charge is -2.19. The Kier molecular flexibility index (Phi) is 4.85. The van der Waals surface area contributed by atoms with Crippen LogP contribution < -0.4 is 0 Å². The Morgan fingerprint density at radius 1 is 0.750 bits per heavy atom. The number of benzene rings is 3. The molecule has 4 rings (SSSR count). The van der Waals surface area contributed by atoms with Crippen molar-refractivity contribution >= 4 is 15.9 Å². The van der Waals surface area contributed by atoms with Crippen LogP contribution in [0.3, 0.4) is 0 Å². The number of hydrogen-bond acceptors (Lipinski definition) is 0. The highest BCUT2D eigenvalue weighted by molar-refractivity contribution is 9.10. The summed E-state index contributed by atoms with van der Waals surface area (Å²) in [6.07, 6.45) is -4.46. The molecule has 1 radical (unpaired) electrons. The van der Waals surface area contributed by atoms with Crippen LogP contribution in [0, 0.1) is 6.07 Å². The van der Waals surface area contributed by atoms with E-state index in [4.69, 9.17) is 0 Å². The summed E-state index contributed by atoms with van der Waals surface area (Å²) >= 11 is 3.40. The van der Waals surface area contributed by atoms with E-state index >= 15 is 0 Å². The normalized spacial score (nSPS) is 11.6. The highest BCUT2D eigenvalue weighted by atomic mass is 79.9. The van der Waals surface area contributed by atoms with Gasteiger partial charge in [-0.25, -0.2) is 0 Å². The summed E-state index contributed by atoms with van der Waals surface area (Å²) in [6, 6.07) is 27.1. The van der Waals surface area contributed by atoms with Gasteiger partial charge in [0.25, 0.3) is 0 Å². The zero-order valence-electron chi connectivity index (χ0n) is 14.5. The van der Waals surface area contributed by atoms with Crippen LogP contribution in [0.4, 0.5) is 13.2 Å². The van der Waals surface area contributed by atoms with Crippen molar-refractivity contribution in [2.75, 3.05) is 0 Å². The molecule has 3 aromatic carbocycles. The van der Waals surface area contributed by atoms with Crippen molar-refractivity contribution in [3.8, 4) is 28.2 Å². The van der Waals surface area contributed by atoms with Gasteiger partial charge in [-0.1, -0.05) is 58.4 Å². The standard InChI is InChI=1S/C23H14BrF3N/c24-18-12-10-17(11-13-18)21-15-14-20(16-6-2-1-3-7-16)28(21)22-9-5-4-8-19(22)23(25,26)27/h1-2,4-15H. The Morgan fingerprint density at radius 3 is 2.07 bits per heavy atom. The van der Waals surface area contributed by atoms with Gasteiger partial charge in [-0.05, 0) is 59.7 Å². The van der Waals surface area contributed by atoms with E-state index in [0.29, 0.717) is 11.4 Å². The van der Waals surface area contributed by atoms with Crippen molar-refractivity contribution in [2.45, 2.75) is 6.18 Å². The van der Waals surface area contributed by atoms with Gasteiger partial charge in [-0.15, -0.1) is 0 Å². The first kappa shape index (κ1) is 18.6. The van der Waals surface area contributed by atoms with Crippen molar-refractivity contribution in [3.63, 3.8) is 0 Å². The molecule has 0 saturated heterocycles. The molecule has 28 heavy (non-hydrogen) atoms. The van der Waals surface area contributed by atoms with E-state index in [9.17, 15) is 13.2 Å². The van der Waals surface area contributed by atoms with Gasteiger partial charge in [-0.2, -0.15) is 13.2 Å². The van der Waals surface area contributed by atoms with E-state index in [-0.39, 0.29) is 5.69 Å². The predicted molar refractivity (Wildman–Crippen MR) is 108 cm³/mol. The van der Waals surface area contributed by atoms with E-state index in [0.717, 1.165) is 21.7 Å². The molecule has 1 aromatic heterocycles. The first-order valence-electron chi connectivity index (χ1n) is 8.56. The van der Waals surface area contributed by atoms with E-state index in [1.165, 1.54) is 12.1 Å². The van der Waals surface area contributed by atoms with Gasteiger partial charge in [0.05, 0.1) is 22.6 Å². The molecule has 0 fully saturated rings. The third-order valence-electron chi connectivity index (χ3n) is 4.47. The molecule has 0 saturated carbocycles. The number of halogens is 4. The van der Waals surface area contributed by atoms with E-state index in [1.54, 1.807) is 22.8 Å². The SMILES string of the molecule is FC(F)(F)c1ccccc1-n1c(-c2c[c]ccc2)ccc1-c1ccc(Br)cc1. The van der Waals surface area contributed by atoms with Crippen LogP contribution in [-0.2, 0) is 6.18 Å². The summed E-state index contributed by atoms with van der Waals surface area (Å²) in [7, 11) is 0. The van der Waals surface area contributed by atoms with Crippen LogP contribution >= 0.6 is 15.9 Å². The Bertz CT molecular complexity index is 1100. The molecule has 0 N–H and O–H groups in total. The lowest BCUT2D eigenvalue weighted by molar-refractivity contribution is -0.137. The lowest BCUT2D eigenvalue weighted by atomic mass is 10.1. The number of aromatic nitrogens is 1. The fourth-order valence-electron chi connectivity index (χ4n) is 3.23. The van der Waals surface area contributed by atoms with Crippen LogP contribution in [0.5, 0.6) is 0 Å². The molecule has 0 spiro atoms. The second-order valence-electron chi connectivity index (χ2n) is 6.25. The van der Waals surface area contributed by atoms with Crippen LogP contribution in [-0.4, -0.2) is 4.57 Å². The lowest BCUT2D eigenvalue weighted by Crippen LogP contribution is -2.12. The third kappa shape index (κ3) is 3.50. The molecule has 0 aliphatic rings. The van der Waals surface area contributed by atoms with Crippen LogP contribution in [0.25, 0.3) is 28.2 Å². The summed E-state index contributed by atoms with van der Waals surface area (Å²) in [4.78, 5) is 0. The van der Waals surface area contributed by atoms with Gasteiger partial charge in [-0.3, -0.25) is 0 Å². The van der Waals surface area contributed by atoms with E-state index in [1.807, 2.05) is 48.5 Å². The molecule has 0 bridgehead atoms. The summed E-state index contributed by atoms with van der Waals surface area (Å²) in [5.74, 6) is 0. The van der Waals surface area contributed by atoms with E-state index in [2.05, 4.69) is 22.0 Å². The molecule has 0 aliphatic heterocycles. The van der Waals surface area contributed by atoms with Gasteiger partial charge in [0.2, 0.25) is 0 Å². The van der Waals surface area contributed by atoms with Gasteiger partial charge in [0.1, 0.15) is 0 Å². The minimum atomic E-state index is -4.46. The van der Waals surface area contributed by atoms with Crippen molar-refractivity contribution < 1.29 is 13.2 Å². The average molecular weight is 441 g/mol. The first-order valence-corrected chi connectivity index (χ1v) is 9.35. The zero-order chi connectivity index (χ0) is 19.7. The first-order chi connectivity index (χ1) is 13.4. The van der Waals surface area contributed by atoms with Crippen LogP contribution in [0.1, 0.15) is 5.56 Å². The molecule has 0 amide bonds. The second-order valence-corrected chi connectivity index (χ2v) is 7.17. The summed E-state index contributed by atoms with van der Waals surface area (Å²) in [5, 5.41) is 0. The van der Waals surface area contributed by atoms with Crippen LogP contribution in [0.15, 0.2) is 89.4 Å². The minimum absolute atomic E-state index is 0.0942. The molecule has 1 heterocycles. The summed E-state index contributed by atoms with van der Waals surface area (Å²) in [5.41, 5.74) is 2.39. The molecule has 0 aliphatic carbocycles. The smallest absolute Gasteiger partial charge is 0.309 e. The highest BCUT2D eigenvalue weighted by Gasteiger charge is 2.34. The van der Waals surface area contributed by atoms with Crippen molar-refractivity contribution in [2.24, 2.45) is 0 Å². The second kappa shape index (κ2) is 7.32. The molecular formula is C23H14BrF3N. The van der Waals surface area contributed by atoms with Gasteiger partial charge in [0, 0.05) is 4.47 Å². The predicted octanol–water partition coefficient (Wildman–Crippen LogP) is 7.39. The minimum Gasteiger partial charge on any atom is -0.309 e. The average Bonchev–Trinajstić information content (AvgIpc) is 3.13. The Labute approximate surface area is 169 Å². The molecule has 5 heteroatoms. The number of nitrogens with zero attached hydrogens (tertiary/aromatic N) is 1. The maximum absolute atomic E-state index is 13.7. The molecule has 4 aromatic rings. The maximum atomic E-state index is 13.7. The maximum Gasteiger partial charge on any atom is 0.418 e. The third-order valence-corrected chi connectivity index (χ3v) is 5.00. The monoisotopic (exact) mass is 440 g/mol. The Morgan fingerprint density at radius 2 is 1.43 bits per heavy atom. The van der Waals surface area contributed by atoms with E-state index < -0.39 is 11.7 Å². The van der Waals surface area contributed by atoms with Gasteiger partial charge in [0.15, 0.2) is 0 Å². The largest absolute Gasteiger partial charge is 0.418 e. The van der Waals surface area contributed by atoms with Crippen molar-refractivity contribution in [1.29, 1.82) is 0 Å². The molecule has 139 valence electrons. The number of rotatable bonds is 3. The molecule has 0 atom stereocenters. The molecule has 0 unspecified atom stereocenters. The van der Waals surface area contributed by atoms with Crippen molar-refractivity contribution in [3.05, 3.63) is 101 Å². The topological polar surface area (TPSA) is 4.93 Å². The fraction of sp³-hybridized carbons (Fsp3) is 0.0435. The summed E-state index contributed by atoms with van der Waals surface area (Å²) < 4.78 is 43.8. The number of para-hydroxylation sites is 1. The Hall–Kier alpha value is -2.79. The van der Waals surface area contributed by atoms with Gasteiger partial charge >= 0.3 is 6.18 Å². The fourth-order valence-corrected chi connectivity index (χ4v) is 3.49. The zero-order valence-corrected chi connectivity index (χ0v) is 16.1. The number of alkyl halides is 3. The number of hydrogen-bond donors (Lipinski definition) is 0.